The van der Waals surface area contributed by atoms with Crippen molar-refractivity contribution in [1.82, 2.24) is 20.3 Å². The monoisotopic (exact) mass is 438 g/mol. The lowest BCUT2D eigenvalue weighted by Gasteiger charge is -2.22. The fourth-order valence-corrected chi connectivity index (χ4v) is 3.17. The number of nitrogens with zero attached hydrogens (tertiary/aromatic N) is 3. The number of ether oxygens (including phenoxy) is 2. The molecule has 0 bridgehead atoms. The minimum absolute atomic E-state index is 0.0573. The number of nitrogens with one attached hydrogen (secondary N) is 1. The standard InChI is InChI=1S/C23H23FN4O4/c1-23(30,16-7-8-16)14-27-22(29)32-19-12-26-21(31-13-18-4-2-3-11-25-18)20(28-19)15-5-9-17(24)10-6-15/h2-6,9-12,16,30H,7-8,13-14H2,1H3,(H,27,29)/t23-/m0/s1. The normalized spacial score (nSPS) is 15.0. The lowest BCUT2D eigenvalue weighted by molar-refractivity contribution is 0.0376. The number of amides is 1. The molecule has 1 atom stereocenters. The molecular formula is C23H23FN4O4. The summed E-state index contributed by atoms with van der Waals surface area (Å²) >= 11 is 0. The fraction of sp³-hybridized carbons (Fsp3) is 0.304. The van der Waals surface area contributed by atoms with Crippen molar-refractivity contribution in [2.24, 2.45) is 5.92 Å². The van der Waals surface area contributed by atoms with Crippen LogP contribution < -0.4 is 14.8 Å². The van der Waals surface area contributed by atoms with Crippen LogP contribution in [0.1, 0.15) is 25.5 Å². The molecule has 8 nitrogen and oxygen atoms in total. The Balaban J connectivity index is 1.50. The van der Waals surface area contributed by atoms with Crippen LogP contribution in [0.2, 0.25) is 0 Å². The van der Waals surface area contributed by atoms with E-state index in [4.69, 9.17) is 9.47 Å². The smallest absolute Gasteiger partial charge is 0.414 e. The van der Waals surface area contributed by atoms with Gasteiger partial charge in [0.15, 0.2) is 0 Å². The zero-order chi connectivity index (χ0) is 22.6. The largest absolute Gasteiger partial charge is 0.470 e. The van der Waals surface area contributed by atoms with E-state index >= 15 is 0 Å². The van der Waals surface area contributed by atoms with Crippen LogP contribution in [0, 0.1) is 11.7 Å². The van der Waals surface area contributed by atoms with Gasteiger partial charge in [-0.2, -0.15) is 0 Å². The van der Waals surface area contributed by atoms with Gasteiger partial charge in [-0.3, -0.25) is 4.98 Å². The van der Waals surface area contributed by atoms with Crippen LogP contribution in [0.5, 0.6) is 11.8 Å². The summed E-state index contributed by atoms with van der Waals surface area (Å²) in [5.41, 5.74) is 0.545. The fourth-order valence-electron chi connectivity index (χ4n) is 3.17. The van der Waals surface area contributed by atoms with E-state index in [1.165, 1.54) is 30.5 Å². The van der Waals surface area contributed by atoms with Crippen LogP contribution in [0.15, 0.2) is 54.9 Å². The van der Waals surface area contributed by atoms with Crippen LogP contribution in [0.4, 0.5) is 9.18 Å². The minimum Gasteiger partial charge on any atom is -0.470 e. The third-order valence-electron chi connectivity index (χ3n) is 5.16. The summed E-state index contributed by atoms with van der Waals surface area (Å²) in [4.78, 5) is 25.0. The molecule has 0 spiro atoms. The maximum Gasteiger partial charge on any atom is 0.414 e. The molecular weight excluding hydrogens is 415 g/mol. The number of pyridine rings is 1. The maximum atomic E-state index is 13.4. The number of hydrogen-bond donors (Lipinski definition) is 2. The third-order valence-corrected chi connectivity index (χ3v) is 5.16. The number of halogens is 1. The second-order valence-corrected chi connectivity index (χ2v) is 7.85. The Bertz CT molecular complexity index is 1070. The zero-order valence-corrected chi connectivity index (χ0v) is 17.5. The molecule has 0 aliphatic heterocycles. The number of rotatable bonds is 8. The summed E-state index contributed by atoms with van der Waals surface area (Å²) in [6.45, 7) is 1.91. The Morgan fingerprint density at radius 3 is 2.69 bits per heavy atom. The quantitative estimate of drug-likeness (QED) is 0.554. The summed E-state index contributed by atoms with van der Waals surface area (Å²) < 4.78 is 24.4. The van der Waals surface area contributed by atoms with Gasteiger partial charge in [-0.1, -0.05) is 6.07 Å². The van der Waals surface area contributed by atoms with Gasteiger partial charge in [0.1, 0.15) is 18.1 Å². The molecule has 0 unspecified atom stereocenters. The van der Waals surface area contributed by atoms with Crippen molar-refractivity contribution >= 4 is 6.09 Å². The van der Waals surface area contributed by atoms with E-state index < -0.39 is 17.5 Å². The lowest BCUT2D eigenvalue weighted by atomic mass is 10.0. The summed E-state index contributed by atoms with van der Waals surface area (Å²) in [6.07, 6.45) is 4.04. The van der Waals surface area contributed by atoms with Gasteiger partial charge in [-0.25, -0.2) is 19.2 Å². The summed E-state index contributed by atoms with van der Waals surface area (Å²) in [6, 6.07) is 11.1. The SMILES string of the molecule is C[C@](O)(CNC(=O)Oc1cnc(OCc2ccccn2)c(-c2ccc(F)cc2)n1)C1CC1. The Kier molecular flexibility index (Phi) is 6.27. The topological polar surface area (TPSA) is 106 Å². The van der Waals surface area contributed by atoms with Gasteiger partial charge in [-0.15, -0.1) is 0 Å². The molecule has 32 heavy (non-hydrogen) atoms. The van der Waals surface area contributed by atoms with Crippen LogP contribution in [-0.2, 0) is 6.61 Å². The summed E-state index contributed by atoms with van der Waals surface area (Å²) in [7, 11) is 0. The molecule has 0 radical (unpaired) electrons. The molecule has 1 aromatic carbocycles. The van der Waals surface area contributed by atoms with E-state index in [2.05, 4.69) is 20.3 Å². The number of hydrogen-bond acceptors (Lipinski definition) is 7. The van der Waals surface area contributed by atoms with Crippen LogP contribution in [0.25, 0.3) is 11.3 Å². The van der Waals surface area contributed by atoms with Gasteiger partial charge >= 0.3 is 6.09 Å². The van der Waals surface area contributed by atoms with Crippen LogP contribution in [0.3, 0.4) is 0 Å². The number of aromatic nitrogens is 3. The molecule has 1 saturated carbocycles. The van der Waals surface area contributed by atoms with E-state index in [-0.39, 0.29) is 36.5 Å². The first kappa shape index (κ1) is 21.6. The van der Waals surface area contributed by atoms with E-state index in [0.717, 1.165) is 12.8 Å². The first-order valence-corrected chi connectivity index (χ1v) is 10.2. The molecule has 2 aromatic heterocycles. The molecule has 1 fully saturated rings. The molecule has 9 heteroatoms. The molecule has 1 aliphatic carbocycles. The second-order valence-electron chi connectivity index (χ2n) is 7.85. The average molecular weight is 438 g/mol. The van der Waals surface area contributed by atoms with Crippen molar-refractivity contribution in [2.45, 2.75) is 32.0 Å². The number of carbonyl (C=O) groups is 1. The lowest BCUT2D eigenvalue weighted by Crippen LogP contribution is -2.43. The van der Waals surface area contributed by atoms with Crippen LogP contribution >= 0.6 is 0 Å². The molecule has 3 aromatic rings. The van der Waals surface area contributed by atoms with Crippen molar-refractivity contribution < 1.29 is 23.8 Å². The molecule has 1 amide bonds. The average Bonchev–Trinajstić information content (AvgIpc) is 3.65. The van der Waals surface area contributed by atoms with Crippen molar-refractivity contribution in [2.75, 3.05) is 6.54 Å². The molecule has 166 valence electrons. The Labute approximate surface area is 184 Å². The van der Waals surface area contributed by atoms with Crippen molar-refractivity contribution in [1.29, 1.82) is 0 Å². The highest BCUT2D eigenvalue weighted by molar-refractivity contribution is 5.71. The molecule has 2 N–H and O–H groups in total. The van der Waals surface area contributed by atoms with Gasteiger partial charge in [0.2, 0.25) is 11.8 Å². The van der Waals surface area contributed by atoms with Gasteiger partial charge in [-0.05, 0) is 62.1 Å². The first-order chi connectivity index (χ1) is 15.4. The van der Waals surface area contributed by atoms with E-state index in [9.17, 15) is 14.3 Å². The van der Waals surface area contributed by atoms with E-state index in [0.29, 0.717) is 11.3 Å². The number of aliphatic hydroxyl groups is 1. The highest BCUT2D eigenvalue weighted by Crippen LogP contribution is 2.39. The highest BCUT2D eigenvalue weighted by atomic mass is 19.1. The highest BCUT2D eigenvalue weighted by Gasteiger charge is 2.40. The maximum absolute atomic E-state index is 13.4. The number of carbonyl (C=O) groups excluding carboxylic acids is 1. The van der Waals surface area contributed by atoms with Gasteiger partial charge in [0, 0.05) is 18.3 Å². The molecule has 1 aliphatic rings. The number of benzene rings is 1. The van der Waals surface area contributed by atoms with E-state index in [1.54, 1.807) is 19.2 Å². The summed E-state index contributed by atoms with van der Waals surface area (Å²) in [5.74, 6) is -0.0832. The zero-order valence-electron chi connectivity index (χ0n) is 17.5. The molecule has 4 rings (SSSR count). The minimum atomic E-state index is -0.979. The molecule has 2 heterocycles. The Morgan fingerprint density at radius 1 is 1.22 bits per heavy atom. The summed E-state index contributed by atoms with van der Waals surface area (Å²) in [5, 5.41) is 12.9. The van der Waals surface area contributed by atoms with Crippen LogP contribution in [-0.4, -0.2) is 38.3 Å². The Morgan fingerprint density at radius 2 is 2.00 bits per heavy atom. The molecule has 0 saturated heterocycles. The van der Waals surface area contributed by atoms with Crippen molar-refractivity contribution in [3.05, 3.63) is 66.4 Å². The first-order valence-electron chi connectivity index (χ1n) is 10.2. The van der Waals surface area contributed by atoms with Gasteiger partial charge < -0.3 is 19.9 Å². The predicted molar refractivity (Wildman–Crippen MR) is 113 cm³/mol. The van der Waals surface area contributed by atoms with Crippen molar-refractivity contribution in [3.63, 3.8) is 0 Å². The third kappa shape index (κ3) is 5.55. The van der Waals surface area contributed by atoms with E-state index in [1.807, 2.05) is 12.1 Å². The van der Waals surface area contributed by atoms with Gasteiger partial charge in [0.05, 0.1) is 17.5 Å². The van der Waals surface area contributed by atoms with Gasteiger partial charge in [0.25, 0.3) is 0 Å². The Hall–Kier alpha value is -3.59. The second kappa shape index (κ2) is 9.27. The predicted octanol–water partition coefficient (Wildman–Crippen LogP) is 3.51. The van der Waals surface area contributed by atoms with Crippen molar-refractivity contribution in [3.8, 4) is 23.0 Å².